The molecule has 0 bridgehead atoms. The van der Waals surface area contributed by atoms with Gasteiger partial charge in [-0.05, 0) is 17.4 Å². The molecule has 1 aliphatic heterocycles. The first kappa shape index (κ1) is 21.3. The molecule has 1 aliphatic rings. The van der Waals surface area contributed by atoms with E-state index in [2.05, 4.69) is 50.0 Å². The van der Waals surface area contributed by atoms with Crippen LogP contribution in [0.1, 0.15) is 33.3 Å². The van der Waals surface area contributed by atoms with Crippen molar-refractivity contribution in [2.45, 2.75) is 44.8 Å². The molecule has 0 saturated carbocycles. The van der Waals surface area contributed by atoms with Crippen molar-refractivity contribution in [2.24, 2.45) is 11.8 Å². The third kappa shape index (κ3) is 7.29. The summed E-state index contributed by atoms with van der Waals surface area (Å²) in [6.45, 7) is 13.0. The maximum atomic E-state index is 12.7. The average molecular weight is 379 g/mol. The molecule has 0 aliphatic carbocycles. The fraction of sp³-hybridized carbons (Fsp3) is 0.667. The topological polar surface area (TPSA) is 41.6 Å². The third-order valence-corrected chi connectivity index (χ3v) is 6.10. The van der Waals surface area contributed by atoms with Crippen molar-refractivity contribution in [1.29, 1.82) is 0 Å². The van der Waals surface area contributed by atoms with Crippen molar-refractivity contribution in [3.63, 3.8) is 0 Å². The van der Waals surface area contributed by atoms with E-state index in [-0.39, 0.29) is 17.3 Å². The molecule has 0 spiro atoms. The minimum absolute atomic E-state index is 0.0365. The van der Waals surface area contributed by atoms with Gasteiger partial charge in [0.05, 0.1) is 18.0 Å². The van der Waals surface area contributed by atoms with Crippen LogP contribution >= 0.6 is 11.8 Å². The normalized spacial score (nSPS) is 19.7. The number of morpholine rings is 1. The van der Waals surface area contributed by atoms with E-state index in [4.69, 9.17) is 4.74 Å². The van der Waals surface area contributed by atoms with E-state index >= 15 is 0 Å². The van der Waals surface area contributed by atoms with E-state index in [1.165, 1.54) is 5.56 Å². The third-order valence-electron chi connectivity index (χ3n) is 4.49. The van der Waals surface area contributed by atoms with Crippen molar-refractivity contribution in [2.75, 3.05) is 32.8 Å². The maximum Gasteiger partial charge on any atom is 0.233 e. The van der Waals surface area contributed by atoms with Crippen LogP contribution in [0.3, 0.4) is 0 Å². The Morgan fingerprint density at radius 3 is 2.65 bits per heavy atom. The summed E-state index contributed by atoms with van der Waals surface area (Å²) in [5.41, 5.74) is 1.26. The van der Waals surface area contributed by atoms with Crippen LogP contribution in [0.25, 0.3) is 0 Å². The Hall–Kier alpha value is -1.04. The molecule has 1 fully saturated rings. The Balaban J connectivity index is 1.79. The Morgan fingerprint density at radius 2 is 2.00 bits per heavy atom. The smallest absolute Gasteiger partial charge is 0.233 e. The first-order valence-electron chi connectivity index (χ1n) is 9.73. The molecule has 2 rings (SSSR count). The van der Waals surface area contributed by atoms with E-state index < -0.39 is 0 Å². The summed E-state index contributed by atoms with van der Waals surface area (Å²) in [7, 11) is 0. The molecule has 1 aromatic carbocycles. The molecule has 1 aromatic rings. The molecule has 1 saturated heterocycles. The first-order chi connectivity index (χ1) is 12.5. The van der Waals surface area contributed by atoms with Crippen LogP contribution in [0.2, 0.25) is 0 Å². The van der Waals surface area contributed by atoms with E-state index in [9.17, 15) is 4.79 Å². The van der Waals surface area contributed by atoms with E-state index in [1.54, 1.807) is 11.8 Å². The molecular weight excluding hydrogens is 344 g/mol. The molecule has 2 atom stereocenters. The summed E-state index contributed by atoms with van der Waals surface area (Å²) in [5.74, 6) is 1.95. The summed E-state index contributed by atoms with van der Waals surface area (Å²) < 4.78 is 5.85. The standard InChI is InChI=1S/C21H34N2O2S/c1-16(2)13-23-10-11-25-19(14-23)12-22-21(24)20(17(3)4)26-15-18-8-6-5-7-9-18/h5-9,16-17,19-20H,10-15H2,1-4H3,(H,22,24). The number of ether oxygens (including phenoxy) is 1. The second kappa shape index (κ2) is 11.0. The van der Waals surface area contributed by atoms with Crippen LogP contribution in [-0.2, 0) is 15.3 Å². The van der Waals surface area contributed by atoms with Gasteiger partial charge in [-0.3, -0.25) is 9.69 Å². The molecule has 1 amide bonds. The lowest BCUT2D eigenvalue weighted by Crippen LogP contribution is -2.49. The van der Waals surface area contributed by atoms with Crippen LogP contribution in [0.15, 0.2) is 30.3 Å². The van der Waals surface area contributed by atoms with Gasteiger partial charge in [-0.25, -0.2) is 0 Å². The number of benzene rings is 1. The highest BCUT2D eigenvalue weighted by Crippen LogP contribution is 2.24. The zero-order valence-electron chi connectivity index (χ0n) is 16.6. The van der Waals surface area contributed by atoms with Crippen LogP contribution < -0.4 is 5.32 Å². The highest BCUT2D eigenvalue weighted by Gasteiger charge is 2.25. The monoisotopic (exact) mass is 378 g/mol. The van der Waals surface area contributed by atoms with Crippen molar-refractivity contribution in [3.05, 3.63) is 35.9 Å². The van der Waals surface area contributed by atoms with Gasteiger partial charge in [-0.1, -0.05) is 58.0 Å². The number of nitrogens with zero attached hydrogens (tertiary/aromatic N) is 1. The Bertz CT molecular complexity index is 536. The first-order valence-corrected chi connectivity index (χ1v) is 10.8. The molecule has 0 aromatic heterocycles. The molecular formula is C21H34N2O2S. The number of rotatable bonds is 9. The zero-order chi connectivity index (χ0) is 18.9. The highest BCUT2D eigenvalue weighted by atomic mass is 32.2. The second-order valence-corrected chi connectivity index (χ2v) is 8.98. The van der Waals surface area contributed by atoms with Gasteiger partial charge in [0.15, 0.2) is 0 Å². The average Bonchev–Trinajstić information content (AvgIpc) is 2.60. The SMILES string of the molecule is CC(C)CN1CCOC(CNC(=O)C(SCc2ccccc2)C(C)C)C1. The van der Waals surface area contributed by atoms with Crippen LogP contribution in [0, 0.1) is 11.8 Å². The number of amides is 1. The number of thioether (sulfide) groups is 1. The molecule has 5 heteroatoms. The lowest BCUT2D eigenvalue weighted by atomic mass is 10.1. The summed E-state index contributed by atoms with van der Waals surface area (Å²) in [5, 5.41) is 3.10. The van der Waals surface area contributed by atoms with Crippen molar-refractivity contribution >= 4 is 17.7 Å². The number of nitrogens with one attached hydrogen (secondary N) is 1. The lowest BCUT2D eigenvalue weighted by molar-refractivity contribution is -0.122. The van der Waals surface area contributed by atoms with E-state index in [1.807, 2.05) is 18.2 Å². The van der Waals surface area contributed by atoms with Gasteiger partial charge in [0, 0.05) is 31.9 Å². The van der Waals surface area contributed by atoms with Gasteiger partial charge in [0.25, 0.3) is 0 Å². The van der Waals surface area contributed by atoms with Crippen LogP contribution in [-0.4, -0.2) is 54.9 Å². The number of carbonyl (C=O) groups excluding carboxylic acids is 1. The van der Waals surface area contributed by atoms with Gasteiger partial charge in [-0.15, -0.1) is 11.8 Å². The molecule has 1 N–H and O–H groups in total. The summed E-state index contributed by atoms with van der Waals surface area (Å²) in [6, 6.07) is 10.3. The Labute approximate surface area is 163 Å². The van der Waals surface area contributed by atoms with E-state index in [0.717, 1.165) is 32.0 Å². The quantitative estimate of drug-likeness (QED) is 0.715. The molecule has 2 unspecified atom stereocenters. The minimum Gasteiger partial charge on any atom is -0.374 e. The number of hydrogen-bond donors (Lipinski definition) is 1. The lowest BCUT2D eigenvalue weighted by Gasteiger charge is -2.34. The fourth-order valence-corrected chi connectivity index (χ4v) is 4.42. The van der Waals surface area contributed by atoms with Crippen LogP contribution in [0.5, 0.6) is 0 Å². The predicted molar refractivity (Wildman–Crippen MR) is 110 cm³/mol. The Morgan fingerprint density at radius 1 is 1.27 bits per heavy atom. The van der Waals surface area contributed by atoms with Crippen molar-refractivity contribution in [3.8, 4) is 0 Å². The number of carbonyl (C=O) groups is 1. The van der Waals surface area contributed by atoms with Gasteiger partial charge < -0.3 is 10.1 Å². The Kier molecular flexibility index (Phi) is 8.96. The molecule has 4 nitrogen and oxygen atoms in total. The largest absolute Gasteiger partial charge is 0.374 e. The van der Waals surface area contributed by atoms with Gasteiger partial charge in [-0.2, -0.15) is 0 Å². The fourth-order valence-electron chi connectivity index (χ4n) is 3.23. The van der Waals surface area contributed by atoms with E-state index in [0.29, 0.717) is 18.4 Å². The van der Waals surface area contributed by atoms with Gasteiger partial charge in [0.1, 0.15) is 0 Å². The van der Waals surface area contributed by atoms with Gasteiger partial charge in [0.2, 0.25) is 5.91 Å². The second-order valence-electron chi connectivity index (χ2n) is 7.85. The summed E-state index contributed by atoms with van der Waals surface area (Å²) in [6.07, 6.45) is 0.0957. The summed E-state index contributed by atoms with van der Waals surface area (Å²) >= 11 is 1.72. The van der Waals surface area contributed by atoms with Crippen molar-refractivity contribution in [1.82, 2.24) is 10.2 Å². The summed E-state index contributed by atoms with van der Waals surface area (Å²) in [4.78, 5) is 15.1. The van der Waals surface area contributed by atoms with Gasteiger partial charge >= 0.3 is 0 Å². The van der Waals surface area contributed by atoms with Crippen molar-refractivity contribution < 1.29 is 9.53 Å². The van der Waals surface area contributed by atoms with Crippen LogP contribution in [0.4, 0.5) is 0 Å². The zero-order valence-corrected chi connectivity index (χ0v) is 17.4. The minimum atomic E-state index is -0.0365. The highest BCUT2D eigenvalue weighted by molar-refractivity contribution is 7.99. The molecule has 26 heavy (non-hydrogen) atoms. The predicted octanol–water partition coefficient (Wildman–Crippen LogP) is 3.42. The molecule has 146 valence electrons. The molecule has 0 radical (unpaired) electrons. The maximum absolute atomic E-state index is 12.7. The molecule has 1 heterocycles. The number of hydrogen-bond acceptors (Lipinski definition) is 4.